The number of nitriles is 1. The van der Waals surface area contributed by atoms with Crippen LogP contribution in [0, 0.1) is 11.3 Å². The maximum Gasteiger partial charge on any atom is 0.248 e. The largest absolute Gasteiger partial charge is 0.366 e. The molecule has 0 aliphatic rings. The fraction of sp³-hybridized carbons (Fsp3) is 0.174. The van der Waals surface area contributed by atoms with Gasteiger partial charge in [-0.15, -0.1) is 0 Å². The van der Waals surface area contributed by atoms with Gasteiger partial charge in [0.25, 0.3) is 0 Å². The number of carbonyl (C=O) groups excluding carboxylic acids is 1. The molecule has 0 atom stereocenters. The summed E-state index contributed by atoms with van der Waals surface area (Å²) >= 11 is 0. The Labute approximate surface area is 160 Å². The third-order valence-corrected chi connectivity index (χ3v) is 4.66. The molecule has 0 aliphatic carbocycles. The number of rotatable bonds is 6. The molecule has 2 N–H and O–H groups in total. The molecule has 0 spiro atoms. The Bertz CT molecular complexity index is 956. The number of carbonyl (C=O) groups is 1. The van der Waals surface area contributed by atoms with E-state index in [9.17, 15) is 4.79 Å². The van der Waals surface area contributed by atoms with E-state index < -0.39 is 5.91 Å². The molecule has 0 unspecified atom stereocenters. The van der Waals surface area contributed by atoms with Crippen molar-refractivity contribution in [3.63, 3.8) is 0 Å². The Balaban J connectivity index is 2.39. The van der Waals surface area contributed by atoms with Crippen LogP contribution in [0.3, 0.4) is 0 Å². The number of primary amides is 1. The van der Waals surface area contributed by atoms with Gasteiger partial charge in [0, 0.05) is 18.3 Å². The fourth-order valence-electron chi connectivity index (χ4n) is 2.80. The molecule has 0 radical (unpaired) electrons. The molecule has 0 bridgehead atoms. The lowest BCUT2D eigenvalue weighted by atomic mass is 9.90. The molecule has 0 aliphatic heterocycles. The molecule has 0 fully saturated rings. The Kier molecular flexibility index (Phi) is 6.46. The number of nitrogens with zero attached hydrogens (tertiary/aromatic N) is 2. The molecule has 4 nitrogen and oxygen atoms in total. The van der Waals surface area contributed by atoms with Crippen LogP contribution in [-0.4, -0.2) is 18.7 Å². The zero-order valence-corrected chi connectivity index (χ0v) is 15.9. The first-order valence-corrected chi connectivity index (χ1v) is 8.59. The van der Waals surface area contributed by atoms with E-state index in [-0.39, 0.29) is 0 Å². The number of allylic oxidation sites excluding steroid dienone is 3. The molecule has 4 heteroatoms. The van der Waals surface area contributed by atoms with Crippen LogP contribution in [0.2, 0.25) is 0 Å². The number of hydrogen-bond donors (Lipinski definition) is 1. The number of amides is 1. The van der Waals surface area contributed by atoms with Gasteiger partial charge < -0.3 is 5.73 Å². The van der Waals surface area contributed by atoms with Crippen LogP contribution in [0.1, 0.15) is 40.9 Å². The van der Waals surface area contributed by atoms with Crippen LogP contribution in [0.25, 0.3) is 5.57 Å². The summed E-state index contributed by atoms with van der Waals surface area (Å²) in [6.45, 7) is 8.24. The van der Waals surface area contributed by atoms with E-state index in [1.54, 1.807) is 31.3 Å². The summed E-state index contributed by atoms with van der Waals surface area (Å²) in [5.41, 5.74) is 12.4. The molecule has 136 valence electrons. The molecule has 2 aromatic carbocycles. The van der Waals surface area contributed by atoms with E-state index in [1.807, 2.05) is 38.1 Å². The second-order valence-electron chi connectivity index (χ2n) is 6.32. The number of benzene rings is 2. The third kappa shape index (κ3) is 4.80. The molecular formula is C23H23N3O. The predicted molar refractivity (Wildman–Crippen MR) is 111 cm³/mol. The highest BCUT2D eigenvalue weighted by atomic mass is 16.1. The minimum absolute atomic E-state index is 0.436. The van der Waals surface area contributed by atoms with Crippen LogP contribution in [-0.2, 0) is 6.42 Å². The zero-order chi connectivity index (χ0) is 20.0. The smallest absolute Gasteiger partial charge is 0.248 e. The van der Waals surface area contributed by atoms with E-state index in [2.05, 4.69) is 17.6 Å². The van der Waals surface area contributed by atoms with Crippen molar-refractivity contribution >= 4 is 17.2 Å². The summed E-state index contributed by atoms with van der Waals surface area (Å²) in [5, 5.41) is 8.96. The first-order valence-electron chi connectivity index (χ1n) is 8.59. The normalized spacial score (nSPS) is 12.1. The van der Waals surface area contributed by atoms with Crippen LogP contribution in [0.15, 0.2) is 71.2 Å². The van der Waals surface area contributed by atoms with Gasteiger partial charge in [-0.1, -0.05) is 30.8 Å². The standard InChI is InChI=1S/C23H23N3O/c1-15(20-9-7-19(14-24)8-10-20)16(2)22(17(3)26-4)13-18-5-11-21(12-6-18)23(25)27/h5-12H,1,13H2,2-4H3,(H2,25,27)/b22-16-,26-17?. The lowest BCUT2D eigenvalue weighted by molar-refractivity contribution is 0.100. The van der Waals surface area contributed by atoms with Crippen LogP contribution < -0.4 is 5.73 Å². The van der Waals surface area contributed by atoms with Crippen molar-refractivity contribution in [2.45, 2.75) is 20.3 Å². The average Bonchev–Trinajstić information content (AvgIpc) is 2.70. The second kappa shape index (κ2) is 8.77. The molecule has 1 amide bonds. The minimum Gasteiger partial charge on any atom is -0.366 e. The molecule has 2 rings (SSSR count). The second-order valence-corrected chi connectivity index (χ2v) is 6.32. The Morgan fingerprint density at radius 2 is 1.63 bits per heavy atom. The van der Waals surface area contributed by atoms with Crippen LogP contribution >= 0.6 is 0 Å². The first kappa shape index (κ1) is 19.9. The van der Waals surface area contributed by atoms with E-state index in [4.69, 9.17) is 11.0 Å². The van der Waals surface area contributed by atoms with Crippen molar-refractivity contribution in [1.82, 2.24) is 0 Å². The van der Waals surface area contributed by atoms with Gasteiger partial charge in [0.1, 0.15) is 0 Å². The van der Waals surface area contributed by atoms with E-state index in [0.29, 0.717) is 17.5 Å². The van der Waals surface area contributed by atoms with Crippen molar-refractivity contribution in [2.75, 3.05) is 7.05 Å². The summed E-state index contributed by atoms with van der Waals surface area (Å²) in [7, 11) is 1.77. The zero-order valence-electron chi connectivity index (χ0n) is 15.9. The van der Waals surface area contributed by atoms with Crippen LogP contribution in [0.5, 0.6) is 0 Å². The van der Waals surface area contributed by atoms with Gasteiger partial charge in [0.2, 0.25) is 5.91 Å². The van der Waals surface area contributed by atoms with E-state index in [1.165, 1.54) is 0 Å². The SMILES string of the molecule is C=C(/C(C)=C(/Cc1ccc(C(N)=O)cc1)C(C)=NC)c1ccc(C#N)cc1. The summed E-state index contributed by atoms with van der Waals surface area (Å²) in [6.07, 6.45) is 0.670. The maximum atomic E-state index is 11.3. The highest BCUT2D eigenvalue weighted by Crippen LogP contribution is 2.26. The summed E-state index contributed by atoms with van der Waals surface area (Å²) in [4.78, 5) is 15.6. The van der Waals surface area contributed by atoms with Gasteiger partial charge in [-0.2, -0.15) is 5.26 Å². The van der Waals surface area contributed by atoms with Crippen molar-refractivity contribution in [1.29, 1.82) is 5.26 Å². The summed E-state index contributed by atoms with van der Waals surface area (Å²) < 4.78 is 0. The lowest BCUT2D eigenvalue weighted by Crippen LogP contribution is -2.11. The number of nitrogens with two attached hydrogens (primary N) is 1. The summed E-state index contributed by atoms with van der Waals surface area (Å²) in [6, 6.07) is 16.8. The number of hydrogen-bond acceptors (Lipinski definition) is 3. The van der Waals surface area contributed by atoms with Crippen LogP contribution in [0.4, 0.5) is 0 Å². The van der Waals surface area contributed by atoms with Gasteiger partial charge in [-0.05, 0) is 72.4 Å². The fourth-order valence-corrected chi connectivity index (χ4v) is 2.80. The lowest BCUT2D eigenvalue weighted by Gasteiger charge is -2.15. The molecule has 0 heterocycles. The highest BCUT2D eigenvalue weighted by Gasteiger charge is 2.12. The molecule has 27 heavy (non-hydrogen) atoms. The Morgan fingerprint density at radius 3 is 2.11 bits per heavy atom. The van der Waals surface area contributed by atoms with Crippen molar-refractivity contribution in [3.05, 3.63) is 88.5 Å². The van der Waals surface area contributed by atoms with E-state index >= 15 is 0 Å². The summed E-state index contributed by atoms with van der Waals surface area (Å²) in [5.74, 6) is -0.436. The Hall–Kier alpha value is -3.45. The molecular weight excluding hydrogens is 334 g/mol. The average molecular weight is 357 g/mol. The number of aliphatic imine (C=N–C) groups is 1. The van der Waals surface area contributed by atoms with Crippen molar-refractivity contribution < 1.29 is 4.79 Å². The topological polar surface area (TPSA) is 79.2 Å². The van der Waals surface area contributed by atoms with Crippen molar-refractivity contribution in [3.8, 4) is 6.07 Å². The highest BCUT2D eigenvalue weighted by molar-refractivity contribution is 6.02. The molecule has 0 saturated heterocycles. The van der Waals surface area contributed by atoms with Gasteiger partial charge >= 0.3 is 0 Å². The maximum absolute atomic E-state index is 11.3. The van der Waals surface area contributed by atoms with Crippen molar-refractivity contribution in [2.24, 2.45) is 10.7 Å². The minimum atomic E-state index is -0.436. The Morgan fingerprint density at radius 1 is 1.07 bits per heavy atom. The first-order chi connectivity index (χ1) is 12.9. The molecule has 0 saturated carbocycles. The van der Waals surface area contributed by atoms with Gasteiger partial charge in [0.05, 0.1) is 11.6 Å². The van der Waals surface area contributed by atoms with Gasteiger partial charge in [-0.25, -0.2) is 0 Å². The van der Waals surface area contributed by atoms with Gasteiger partial charge in [0.15, 0.2) is 0 Å². The molecule has 0 aromatic heterocycles. The van der Waals surface area contributed by atoms with E-state index in [0.717, 1.165) is 33.6 Å². The predicted octanol–water partition coefficient (Wildman–Crippen LogP) is 4.32. The quantitative estimate of drug-likeness (QED) is 0.617. The third-order valence-electron chi connectivity index (χ3n) is 4.66. The van der Waals surface area contributed by atoms with Gasteiger partial charge in [-0.3, -0.25) is 9.79 Å². The molecule has 2 aromatic rings. The monoisotopic (exact) mass is 357 g/mol.